The number of nitrogens with zero attached hydrogens (tertiary/aromatic N) is 1. The highest BCUT2D eigenvalue weighted by Crippen LogP contribution is 2.24. The van der Waals surface area contributed by atoms with Gasteiger partial charge in [0.15, 0.2) is 0 Å². The molecule has 6 heteroatoms. The van der Waals surface area contributed by atoms with Crippen LogP contribution in [0.5, 0.6) is 0 Å². The maximum Gasteiger partial charge on any atom is 0.319 e. The molecule has 1 aromatic heterocycles. The lowest BCUT2D eigenvalue weighted by Crippen LogP contribution is -2.40. The summed E-state index contributed by atoms with van der Waals surface area (Å²) in [6, 6.07) is 7.21. The summed E-state index contributed by atoms with van der Waals surface area (Å²) in [4.78, 5) is 16.3. The van der Waals surface area contributed by atoms with Gasteiger partial charge in [0.1, 0.15) is 5.01 Å². The molecule has 22 heavy (non-hydrogen) atoms. The van der Waals surface area contributed by atoms with Crippen molar-refractivity contribution in [1.82, 2.24) is 10.3 Å². The van der Waals surface area contributed by atoms with E-state index in [2.05, 4.69) is 15.6 Å². The highest BCUT2D eigenvalue weighted by Gasteiger charge is 2.13. The van der Waals surface area contributed by atoms with E-state index < -0.39 is 0 Å². The van der Waals surface area contributed by atoms with E-state index in [1.807, 2.05) is 50.4 Å². The minimum Gasteiger partial charge on any atom is -0.396 e. The van der Waals surface area contributed by atoms with Gasteiger partial charge in [-0.1, -0.05) is 6.92 Å². The number of aliphatic hydroxyl groups is 1. The van der Waals surface area contributed by atoms with E-state index in [0.717, 1.165) is 22.0 Å². The van der Waals surface area contributed by atoms with Crippen molar-refractivity contribution in [3.05, 3.63) is 35.3 Å². The van der Waals surface area contributed by atoms with Gasteiger partial charge in [0.2, 0.25) is 0 Å². The molecule has 1 aromatic carbocycles. The molecule has 2 amide bonds. The first-order valence-electron chi connectivity index (χ1n) is 7.20. The highest BCUT2D eigenvalue weighted by molar-refractivity contribution is 7.13. The Morgan fingerprint density at radius 3 is 2.55 bits per heavy atom. The van der Waals surface area contributed by atoms with E-state index in [1.54, 1.807) is 11.3 Å². The second-order valence-corrected chi connectivity index (χ2v) is 6.28. The van der Waals surface area contributed by atoms with Crippen LogP contribution in [0.25, 0.3) is 10.6 Å². The molecule has 0 fully saturated rings. The Hall–Kier alpha value is -1.92. The molecule has 0 spiro atoms. The van der Waals surface area contributed by atoms with Crippen LogP contribution in [0.3, 0.4) is 0 Å². The molecular weight excluding hydrogens is 298 g/mol. The Kier molecular flexibility index (Phi) is 5.51. The van der Waals surface area contributed by atoms with Gasteiger partial charge in [0.05, 0.1) is 0 Å². The van der Waals surface area contributed by atoms with E-state index in [1.165, 1.54) is 0 Å². The maximum atomic E-state index is 11.9. The van der Waals surface area contributed by atoms with Crippen LogP contribution >= 0.6 is 11.3 Å². The van der Waals surface area contributed by atoms with Gasteiger partial charge in [-0.05, 0) is 44.0 Å². The minimum atomic E-state index is -0.273. The highest BCUT2D eigenvalue weighted by atomic mass is 32.1. The average molecular weight is 319 g/mol. The van der Waals surface area contributed by atoms with Gasteiger partial charge in [-0.15, -0.1) is 11.3 Å². The largest absolute Gasteiger partial charge is 0.396 e. The predicted molar refractivity (Wildman–Crippen MR) is 90.2 cm³/mol. The predicted octanol–water partition coefficient (Wildman–Crippen LogP) is 3.26. The third-order valence-corrected chi connectivity index (χ3v) is 4.52. The fourth-order valence-corrected chi connectivity index (χ4v) is 2.66. The van der Waals surface area contributed by atoms with Crippen molar-refractivity contribution in [2.24, 2.45) is 5.92 Å². The fraction of sp³-hybridized carbons (Fsp3) is 0.375. The summed E-state index contributed by atoms with van der Waals surface area (Å²) in [7, 11) is 0. The summed E-state index contributed by atoms with van der Waals surface area (Å²) in [5.41, 5.74) is 2.76. The SMILES string of the molecule is Cc1csc(-c2ccc(NC(=O)NC(C)C(C)CO)cc2)n1. The molecule has 3 N–H and O–H groups in total. The van der Waals surface area contributed by atoms with Crippen LogP contribution in [0, 0.1) is 12.8 Å². The van der Waals surface area contributed by atoms with Crippen molar-refractivity contribution in [1.29, 1.82) is 0 Å². The normalized spacial score (nSPS) is 13.5. The molecule has 0 saturated heterocycles. The van der Waals surface area contributed by atoms with E-state index >= 15 is 0 Å². The Labute approximate surface area is 134 Å². The van der Waals surface area contributed by atoms with Gasteiger partial charge >= 0.3 is 6.03 Å². The molecule has 1 heterocycles. The van der Waals surface area contributed by atoms with Crippen LogP contribution in [0.4, 0.5) is 10.5 Å². The zero-order chi connectivity index (χ0) is 16.1. The fourth-order valence-electron chi connectivity index (χ4n) is 1.86. The molecule has 0 aliphatic carbocycles. The summed E-state index contributed by atoms with van der Waals surface area (Å²) < 4.78 is 0. The van der Waals surface area contributed by atoms with Gasteiger partial charge in [0.25, 0.3) is 0 Å². The molecule has 0 saturated carbocycles. The van der Waals surface area contributed by atoms with Gasteiger partial charge in [-0.3, -0.25) is 0 Å². The van der Waals surface area contributed by atoms with Crippen molar-refractivity contribution in [2.45, 2.75) is 26.8 Å². The molecule has 2 rings (SSSR count). The Morgan fingerprint density at radius 1 is 1.32 bits per heavy atom. The summed E-state index contributed by atoms with van der Waals surface area (Å²) in [6.45, 7) is 5.77. The lowest BCUT2D eigenvalue weighted by Gasteiger charge is -2.19. The van der Waals surface area contributed by atoms with Crippen molar-refractivity contribution >= 4 is 23.1 Å². The van der Waals surface area contributed by atoms with E-state index in [-0.39, 0.29) is 24.6 Å². The molecule has 0 aliphatic heterocycles. The summed E-state index contributed by atoms with van der Waals surface area (Å²) in [5, 5.41) is 17.7. The van der Waals surface area contributed by atoms with Gasteiger partial charge in [0, 0.05) is 35.0 Å². The smallest absolute Gasteiger partial charge is 0.319 e. The van der Waals surface area contributed by atoms with Crippen molar-refractivity contribution in [3.63, 3.8) is 0 Å². The molecule has 0 radical (unpaired) electrons. The Morgan fingerprint density at radius 2 is 2.00 bits per heavy atom. The monoisotopic (exact) mass is 319 g/mol. The van der Waals surface area contributed by atoms with Crippen LogP contribution in [0.15, 0.2) is 29.6 Å². The standard InChI is InChI=1S/C16H21N3O2S/c1-10(8-20)12(3)18-16(21)19-14-6-4-13(5-7-14)15-17-11(2)9-22-15/h4-7,9-10,12,20H,8H2,1-3H3,(H2,18,19,21). The number of benzene rings is 1. The number of urea groups is 1. The topological polar surface area (TPSA) is 74.2 Å². The zero-order valence-corrected chi connectivity index (χ0v) is 13.8. The lowest BCUT2D eigenvalue weighted by molar-refractivity contribution is 0.204. The van der Waals surface area contributed by atoms with Crippen LogP contribution < -0.4 is 10.6 Å². The zero-order valence-electron chi connectivity index (χ0n) is 13.0. The molecule has 2 atom stereocenters. The molecule has 0 aliphatic rings. The van der Waals surface area contributed by atoms with Crippen LogP contribution in [0.1, 0.15) is 19.5 Å². The van der Waals surface area contributed by atoms with E-state index in [9.17, 15) is 4.79 Å². The second-order valence-electron chi connectivity index (χ2n) is 5.42. The lowest BCUT2D eigenvalue weighted by atomic mass is 10.1. The number of aromatic nitrogens is 1. The average Bonchev–Trinajstić information content (AvgIpc) is 2.93. The number of carbonyl (C=O) groups excluding carboxylic acids is 1. The number of hydrogen-bond donors (Lipinski definition) is 3. The van der Waals surface area contributed by atoms with Gasteiger partial charge in [-0.2, -0.15) is 0 Å². The number of amides is 2. The number of anilines is 1. The second kappa shape index (κ2) is 7.38. The number of hydrogen-bond acceptors (Lipinski definition) is 4. The summed E-state index contributed by atoms with van der Waals surface area (Å²) in [6.07, 6.45) is 0. The number of carbonyl (C=O) groups is 1. The van der Waals surface area contributed by atoms with Crippen molar-refractivity contribution in [2.75, 3.05) is 11.9 Å². The molecule has 2 unspecified atom stereocenters. The van der Waals surface area contributed by atoms with E-state index in [0.29, 0.717) is 0 Å². The number of thiazole rings is 1. The van der Waals surface area contributed by atoms with E-state index in [4.69, 9.17) is 5.11 Å². The van der Waals surface area contributed by atoms with Crippen LogP contribution in [-0.4, -0.2) is 28.8 Å². The van der Waals surface area contributed by atoms with Crippen LogP contribution in [-0.2, 0) is 0 Å². The number of aryl methyl sites for hydroxylation is 1. The molecular formula is C16H21N3O2S. The Balaban J connectivity index is 1.95. The molecule has 118 valence electrons. The third kappa shape index (κ3) is 4.29. The van der Waals surface area contributed by atoms with Crippen molar-refractivity contribution < 1.29 is 9.90 Å². The first-order chi connectivity index (χ1) is 10.5. The van der Waals surface area contributed by atoms with Gasteiger partial charge in [-0.25, -0.2) is 9.78 Å². The molecule has 0 bridgehead atoms. The number of aliphatic hydroxyl groups excluding tert-OH is 1. The van der Waals surface area contributed by atoms with Crippen molar-refractivity contribution in [3.8, 4) is 10.6 Å². The van der Waals surface area contributed by atoms with Gasteiger partial charge < -0.3 is 15.7 Å². The minimum absolute atomic E-state index is 0.0151. The first-order valence-corrected chi connectivity index (χ1v) is 8.08. The molecule has 5 nitrogen and oxygen atoms in total. The third-order valence-electron chi connectivity index (χ3n) is 3.51. The Bertz CT molecular complexity index is 625. The van der Waals surface area contributed by atoms with Crippen LogP contribution in [0.2, 0.25) is 0 Å². The molecule has 2 aromatic rings. The first kappa shape index (κ1) is 16.5. The quantitative estimate of drug-likeness (QED) is 0.792. The number of rotatable bonds is 5. The number of nitrogens with one attached hydrogen (secondary N) is 2. The maximum absolute atomic E-state index is 11.9. The summed E-state index contributed by atoms with van der Waals surface area (Å²) in [5.74, 6) is 0.0151. The summed E-state index contributed by atoms with van der Waals surface area (Å²) >= 11 is 1.60.